The molecule has 104 valence electrons. The molecule has 0 saturated carbocycles. The molecule has 0 bridgehead atoms. The predicted molar refractivity (Wildman–Crippen MR) is 73.9 cm³/mol. The summed E-state index contributed by atoms with van der Waals surface area (Å²) in [6, 6.07) is 9.34. The van der Waals surface area contributed by atoms with Gasteiger partial charge in [0.2, 0.25) is 5.28 Å². The van der Waals surface area contributed by atoms with E-state index in [0.29, 0.717) is 0 Å². The molecule has 0 aliphatic rings. The van der Waals surface area contributed by atoms with Crippen molar-refractivity contribution in [3.63, 3.8) is 0 Å². The maximum Gasteiger partial charge on any atom is 0.352 e. The highest BCUT2D eigenvalue weighted by molar-refractivity contribution is 6.28. The van der Waals surface area contributed by atoms with Gasteiger partial charge in [-0.2, -0.15) is 4.98 Å². The van der Waals surface area contributed by atoms with Gasteiger partial charge in [0.1, 0.15) is 11.8 Å². The van der Waals surface area contributed by atoms with Crippen LogP contribution in [0.1, 0.15) is 24.3 Å². The summed E-state index contributed by atoms with van der Waals surface area (Å²) in [6.45, 7) is 3.27. The lowest BCUT2D eigenvalue weighted by molar-refractivity contribution is -0.387. The van der Waals surface area contributed by atoms with E-state index in [0.717, 1.165) is 5.56 Å². The number of rotatable bonds is 4. The van der Waals surface area contributed by atoms with Crippen molar-refractivity contribution in [1.82, 2.24) is 9.97 Å². The summed E-state index contributed by atoms with van der Waals surface area (Å²) in [5.74, 6) is -0.121. The minimum Gasteiger partial charge on any atom is -0.465 e. The number of halogens is 1. The fourth-order valence-electron chi connectivity index (χ4n) is 1.76. The summed E-state index contributed by atoms with van der Waals surface area (Å²) >= 11 is 5.73. The molecule has 1 aromatic carbocycles. The molecule has 20 heavy (non-hydrogen) atoms. The summed E-state index contributed by atoms with van der Waals surface area (Å²) in [4.78, 5) is 18.1. The third kappa shape index (κ3) is 3.03. The Kier molecular flexibility index (Phi) is 4.14. The van der Waals surface area contributed by atoms with Crippen molar-refractivity contribution in [2.45, 2.75) is 20.0 Å². The summed E-state index contributed by atoms with van der Waals surface area (Å²) in [5, 5.41) is 11.0. The molecule has 2 aromatic rings. The number of benzene rings is 1. The zero-order valence-electron chi connectivity index (χ0n) is 10.9. The Morgan fingerprint density at radius 2 is 1.95 bits per heavy atom. The second-order valence-corrected chi connectivity index (χ2v) is 4.50. The molecule has 0 N–H and O–H groups in total. The zero-order valence-corrected chi connectivity index (χ0v) is 11.7. The second-order valence-electron chi connectivity index (χ2n) is 4.16. The van der Waals surface area contributed by atoms with Crippen LogP contribution in [-0.4, -0.2) is 14.9 Å². The average molecular weight is 294 g/mol. The lowest BCUT2D eigenvalue weighted by Crippen LogP contribution is -2.08. The largest absolute Gasteiger partial charge is 0.465 e. The highest BCUT2D eigenvalue weighted by atomic mass is 35.5. The molecule has 1 aromatic heterocycles. The van der Waals surface area contributed by atoms with Crippen molar-refractivity contribution in [2.24, 2.45) is 0 Å². The van der Waals surface area contributed by atoms with Gasteiger partial charge in [0.15, 0.2) is 0 Å². The first-order valence-corrected chi connectivity index (χ1v) is 6.27. The summed E-state index contributed by atoms with van der Waals surface area (Å²) in [5.41, 5.74) is 0.789. The van der Waals surface area contributed by atoms with Gasteiger partial charge in [-0.3, -0.25) is 10.1 Å². The first-order valence-electron chi connectivity index (χ1n) is 5.89. The molecular formula is C13H12ClN3O3. The summed E-state index contributed by atoms with van der Waals surface area (Å²) in [6.07, 6.45) is -0.389. The van der Waals surface area contributed by atoms with E-state index in [1.165, 1.54) is 6.92 Å². The Morgan fingerprint density at radius 1 is 1.30 bits per heavy atom. The van der Waals surface area contributed by atoms with E-state index in [4.69, 9.17) is 16.3 Å². The van der Waals surface area contributed by atoms with Gasteiger partial charge >= 0.3 is 5.69 Å². The first-order chi connectivity index (χ1) is 9.49. The predicted octanol–water partition coefficient (Wildman–Crippen LogP) is 3.49. The third-order valence-electron chi connectivity index (χ3n) is 2.74. The SMILES string of the molecule is Cc1nc(Cl)nc(OC(C)c2ccccc2)c1[N+](=O)[O-]. The number of aryl methyl sites for hydroxylation is 1. The molecule has 0 fully saturated rings. The number of ether oxygens (including phenoxy) is 1. The monoisotopic (exact) mass is 293 g/mol. The van der Waals surface area contributed by atoms with Crippen LogP contribution in [0.3, 0.4) is 0 Å². The van der Waals surface area contributed by atoms with Crippen LogP contribution in [0.15, 0.2) is 30.3 Å². The fraction of sp³-hybridized carbons (Fsp3) is 0.231. The maximum absolute atomic E-state index is 11.1. The molecular weight excluding hydrogens is 282 g/mol. The van der Waals surface area contributed by atoms with Gasteiger partial charge in [-0.15, -0.1) is 0 Å². The second kappa shape index (κ2) is 5.83. The van der Waals surface area contributed by atoms with Crippen LogP contribution < -0.4 is 4.74 Å². The van der Waals surface area contributed by atoms with Crippen LogP contribution in [-0.2, 0) is 0 Å². The highest BCUT2D eigenvalue weighted by Crippen LogP contribution is 2.31. The smallest absolute Gasteiger partial charge is 0.352 e. The van der Waals surface area contributed by atoms with Crippen molar-refractivity contribution < 1.29 is 9.66 Å². The van der Waals surface area contributed by atoms with E-state index in [1.54, 1.807) is 6.92 Å². The van der Waals surface area contributed by atoms with Crippen LogP contribution in [0.4, 0.5) is 5.69 Å². The van der Waals surface area contributed by atoms with Gasteiger partial charge in [0.25, 0.3) is 5.88 Å². The zero-order chi connectivity index (χ0) is 14.7. The Bertz CT molecular complexity index is 634. The Morgan fingerprint density at radius 3 is 2.55 bits per heavy atom. The van der Waals surface area contributed by atoms with Crippen LogP contribution in [0.5, 0.6) is 5.88 Å². The van der Waals surface area contributed by atoms with Crippen molar-refractivity contribution in [1.29, 1.82) is 0 Å². The molecule has 0 saturated heterocycles. The number of aromatic nitrogens is 2. The first kappa shape index (κ1) is 14.2. The van der Waals surface area contributed by atoms with E-state index in [9.17, 15) is 10.1 Å². The molecule has 1 unspecified atom stereocenters. The Labute approximate surface area is 120 Å². The standard InChI is InChI=1S/C13H12ClN3O3/c1-8-11(17(18)19)12(16-13(14)15-8)20-9(2)10-6-4-3-5-7-10/h3-7,9H,1-2H3. The number of hydrogen-bond acceptors (Lipinski definition) is 5. The number of nitro groups is 1. The average Bonchev–Trinajstić information content (AvgIpc) is 2.38. The fourth-order valence-corrected chi connectivity index (χ4v) is 1.96. The van der Waals surface area contributed by atoms with E-state index in [2.05, 4.69) is 9.97 Å². The van der Waals surface area contributed by atoms with Crippen molar-refractivity contribution in [2.75, 3.05) is 0 Å². The van der Waals surface area contributed by atoms with E-state index >= 15 is 0 Å². The van der Waals surface area contributed by atoms with E-state index in [1.807, 2.05) is 30.3 Å². The van der Waals surface area contributed by atoms with Gasteiger partial charge < -0.3 is 4.74 Å². The van der Waals surface area contributed by atoms with Crippen molar-refractivity contribution in [3.8, 4) is 5.88 Å². The minimum absolute atomic E-state index is 0.0802. The Balaban J connectivity index is 2.36. The third-order valence-corrected chi connectivity index (χ3v) is 2.91. The number of hydrogen-bond donors (Lipinski definition) is 0. The maximum atomic E-state index is 11.1. The molecule has 6 nitrogen and oxygen atoms in total. The molecule has 0 spiro atoms. The molecule has 0 aliphatic carbocycles. The summed E-state index contributed by atoms with van der Waals surface area (Å²) in [7, 11) is 0. The molecule has 0 amide bonds. The van der Waals surface area contributed by atoms with E-state index in [-0.39, 0.29) is 28.6 Å². The number of nitrogens with zero attached hydrogens (tertiary/aromatic N) is 3. The van der Waals surface area contributed by atoms with Crippen LogP contribution in [0.2, 0.25) is 5.28 Å². The highest BCUT2D eigenvalue weighted by Gasteiger charge is 2.25. The molecule has 1 atom stereocenters. The minimum atomic E-state index is -0.571. The molecule has 1 heterocycles. The normalized spacial score (nSPS) is 11.9. The van der Waals surface area contributed by atoms with Crippen molar-refractivity contribution in [3.05, 3.63) is 57.0 Å². The van der Waals surface area contributed by atoms with Crippen LogP contribution in [0, 0.1) is 17.0 Å². The summed E-state index contributed by atoms with van der Waals surface area (Å²) < 4.78 is 5.58. The van der Waals surface area contributed by atoms with Crippen molar-refractivity contribution >= 4 is 17.3 Å². The van der Waals surface area contributed by atoms with Gasteiger partial charge in [-0.05, 0) is 31.0 Å². The van der Waals surface area contributed by atoms with Crippen LogP contribution >= 0.6 is 11.6 Å². The van der Waals surface area contributed by atoms with Gasteiger partial charge in [0, 0.05) is 0 Å². The Hall–Kier alpha value is -2.21. The lowest BCUT2D eigenvalue weighted by Gasteiger charge is -2.14. The quantitative estimate of drug-likeness (QED) is 0.490. The molecule has 2 rings (SSSR count). The van der Waals surface area contributed by atoms with Gasteiger partial charge in [-0.25, -0.2) is 4.98 Å². The van der Waals surface area contributed by atoms with Gasteiger partial charge in [0.05, 0.1) is 4.92 Å². The lowest BCUT2D eigenvalue weighted by atomic mass is 10.1. The van der Waals surface area contributed by atoms with E-state index < -0.39 is 4.92 Å². The molecule has 0 aliphatic heterocycles. The van der Waals surface area contributed by atoms with Gasteiger partial charge in [-0.1, -0.05) is 30.3 Å². The topological polar surface area (TPSA) is 78.2 Å². The van der Waals surface area contributed by atoms with Crippen LogP contribution in [0.25, 0.3) is 0 Å². The molecule has 0 radical (unpaired) electrons. The molecule has 7 heteroatoms.